The summed E-state index contributed by atoms with van der Waals surface area (Å²) in [6, 6.07) is 12.7. The van der Waals surface area contributed by atoms with Crippen molar-refractivity contribution in [2.45, 2.75) is 13.1 Å². The number of rotatable bonds is 6. The first kappa shape index (κ1) is 19.8. The first-order valence-electron chi connectivity index (χ1n) is 9.20. The third-order valence-electron chi connectivity index (χ3n) is 4.56. The van der Waals surface area contributed by atoms with Gasteiger partial charge in [-0.1, -0.05) is 29.8 Å². The molecular weight excluding hydrogens is 409 g/mol. The topological polar surface area (TPSA) is 81.8 Å². The summed E-state index contributed by atoms with van der Waals surface area (Å²) < 4.78 is 16.3. The second kappa shape index (κ2) is 8.46. The molecule has 0 radical (unpaired) electrons. The van der Waals surface area contributed by atoms with Crippen LogP contribution in [-0.4, -0.2) is 31.8 Å². The molecule has 0 saturated heterocycles. The fourth-order valence-corrected chi connectivity index (χ4v) is 3.30. The molecule has 0 aliphatic rings. The van der Waals surface area contributed by atoms with Crippen molar-refractivity contribution in [2.75, 3.05) is 6.54 Å². The lowest BCUT2D eigenvalue weighted by Crippen LogP contribution is -2.27. The minimum atomic E-state index is -0.359. The number of carbonyl (C=O) groups is 1. The van der Waals surface area contributed by atoms with Gasteiger partial charge in [-0.3, -0.25) is 14.2 Å². The Kier molecular flexibility index (Phi) is 5.58. The number of carbonyl (C=O) groups excluding carboxylic acids is 1. The van der Waals surface area contributed by atoms with Gasteiger partial charge >= 0.3 is 0 Å². The molecule has 30 heavy (non-hydrogen) atoms. The van der Waals surface area contributed by atoms with Gasteiger partial charge in [0.1, 0.15) is 17.5 Å². The fourth-order valence-electron chi connectivity index (χ4n) is 3.11. The third-order valence-corrected chi connectivity index (χ3v) is 4.80. The summed E-state index contributed by atoms with van der Waals surface area (Å²) in [6.45, 7) is 0.854. The van der Waals surface area contributed by atoms with Gasteiger partial charge in [0.15, 0.2) is 5.65 Å². The highest BCUT2D eigenvalue weighted by atomic mass is 35.5. The molecule has 4 aromatic rings. The summed E-state index contributed by atoms with van der Waals surface area (Å²) in [5.41, 5.74) is 1.28. The van der Waals surface area contributed by atoms with Crippen molar-refractivity contribution < 1.29 is 9.18 Å². The van der Waals surface area contributed by atoms with Crippen LogP contribution in [0.15, 0.2) is 65.8 Å². The number of hydrogen-bond acceptors (Lipinski definition) is 4. The Morgan fingerprint density at radius 1 is 1.17 bits per heavy atom. The summed E-state index contributed by atoms with van der Waals surface area (Å²) >= 11 is 5.90. The molecule has 2 aromatic heterocycles. The van der Waals surface area contributed by atoms with E-state index in [0.717, 1.165) is 0 Å². The van der Waals surface area contributed by atoms with E-state index in [4.69, 9.17) is 11.6 Å². The third kappa shape index (κ3) is 4.23. The maximum atomic E-state index is 13.4. The molecule has 1 amide bonds. The summed E-state index contributed by atoms with van der Waals surface area (Å²) in [6.07, 6.45) is 2.86. The molecule has 0 aliphatic heterocycles. The van der Waals surface area contributed by atoms with Crippen molar-refractivity contribution >= 4 is 28.5 Å². The van der Waals surface area contributed by atoms with Gasteiger partial charge in [0.2, 0.25) is 0 Å². The Balaban J connectivity index is 1.46. The molecule has 0 bridgehead atoms. The number of amides is 1. The Bertz CT molecular complexity index is 1280. The van der Waals surface area contributed by atoms with Gasteiger partial charge in [0.25, 0.3) is 11.5 Å². The highest BCUT2D eigenvalue weighted by molar-refractivity contribution is 6.30. The lowest BCUT2D eigenvalue weighted by atomic mass is 10.2. The van der Waals surface area contributed by atoms with E-state index in [-0.39, 0.29) is 23.8 Å². The molecule has 0 aliphatic carbocycles. The maximum Gasteiger partial charge on any atom is 0.264 e. The van der Waals surface area contributed by atoms with Gasteiger partial charge in [0, 0.05) is 17.1 Å². The largest absolute Gasteiger partial charge is 0.350 e. The highest BCUT2D eigenvalue weighted by Gasteiger charge is 2.11. The summed E-state index contributed by atoms with van der Waals surface area (Å²) in [5.74, 6) is -0.610. The zero-order chi connectivity index (χ0) is 21.1. The van der Waals surface area contributed by atoms with Crippen LogP contribution in [0, 0.1) is 5.82 Å². The first-order chi connectivity index (χ1) is 14.5. The van der Waals surface area contributed by atoms with Crippen molar-refractivity contribution in [2.24, 2.45) is 0 Å². The molecular formula is C21H17ClFN5O2. The molecule has 0 fully saturated rings. The van der Waals surface area contributed by atoms with Crippen LogP contribution < -0.4 is 10.9 Å². The Hall–Kier alpha value is -3.52. The van der Waals surface area contributed by atoms with Crippen LogP contribution in [0.2, 0.25) is 5.02 Å². The normalized spacial score (nSPS) is 11.0. The van der Waals surface area contributed by atoms with Crippen LogP contribution in [0.5, 0.6) is 0 Å². The van der Waals surface area contributed by atoms with Crippen LogP contribution in [0.3, 0.4) is 0 Å². The SMILES string of the molecule is O=C(NCCn1ncc2c(=O)n(Cc3cccc(F)c3)cnc21)c1cccc(Cl)c1. The second-order valence-corrected chi connectivity index (χ2v) is 7.12. The van der Waals surface area contributed by atoms with E-state index in [1.165, 1.54) is 29.2 Å². The molecule has 2 heterocycles. The smallest absolute Gasteiger partial charge is 0.264 e. The highest BCUT2D eigenvalue weighted by Crippen LogP contribution is 2.11. The van der Waals surface area contributed by atoms with Crippen molar-refractivity contribution in [3.8, 4) is 0 Å². The number of hydrogen-bond donors (Lipinski definition) is 1. The predicted molar refractivity (Wildman–Crippen MR) is 111 cm³/mol. The molecule has 7 nitrogen and oxygen atoms in total. The summed E-state index contributed by atoms with van der Waals surface area (Å²) in [5, 5.41) is 7.84. The van der Waals surface area contributed by atoms with Crippen LogP contribution in [-0.2, 0) is 13.1 Å². The lowest BCUT2D eigenvalue weighted by molar-refractivity contribution is 0.0952. The Morgan fingerprint density at radius 2 is 2.00 bits per heavy atom. The summed E-state index contributed by atoms with van der Waals surface area (Å²) in [7, 11) is 0. The monoisotopic (exact) mass is 425 g/mol. The average Bonchev–Trinajstić information content (AvgIpc) is 3.14. The van der Waals surface area contributed by atoms with Crippen molar-refractivity contribution in [1.82, 2.24) is 24.6 Å². The minimum absolute atomic E-state index is 0.209. The van der Waals surface area contributed by atoms with Crippen LogP contribution in [0.25, 0.3) is 11.0 Å². The number of aromatic nitrogens is 4. The quantitative estimate of drug-likeness (QED) is 0.515. The molecule has 0 unspecified atom stereocenters. The number of benzene rings is 2. The van der Waals surface area contributed by atoms with E-state index < -0.39 is 0 Å². The molecule has 152 valence electrons. The number of nitrogens with zero attached hydrogens (tertiary/aromatic N) is 4. The van der Waals surface area contributed by atoms with E-state index in [1.807, 2.05) is 0 Å². The van der Waals surface area contributed by atoms with Crippen molar-refractivity contribution in [3.05, 3.63) is 93.4 Å². The fraction of sp³-hybridized carbons (Fsp3) is 0.143. The minimum Gasteiger partial charge on any atom is -0.350 e. The Morgan fingerprint density at radius 3 is 2.80 bits per heavy atom. The molecule has 1 N–H and O–H groups in total. The Labute approximate surface area is 175 Å². The van der Waals surface area contributed by atoms with E-state index in [1.54, 1.807) is 41.1 Å². The average molecular weight is 426 g/mol. The van der Waals surface area contributed by atoms with Gasteiger partial charge in [0.05, 0.1) is 19.3 Å². The lowest BCUT2D eigenvalue weighted by Gasteiger charge is -2.08. The van der Waals surface area contributed by atoms with Crippen LogP contribution in [0.1, 0.15) is 15.9 Å². The first-order valence-corrected chi connectivity index (χ1v) is 9.58. The van der Waals surface area contributed by atoms with Crippen molar-refractivity contribution in [1.29, 1.82) is 0 Å². The van der Waals surface area contributed by atoms with E-state index in [0.29, 0.717) is 40.3 Å². The second-order valence-electron chi connectivity index (χ2n) is 6.68. The molecule has 0 atom stereocenters. The van der Waals surface area contributed by atoms with Gasteiger partial charge < -0.3 is 5.32 Å². The zero-order valence-corrected chi connectivity index (χ0v) is 16.5. The van der Waals surface area contributed by atoms with Crippen LogP contribution >= 0.6 is 11.6 Å². The molecule has 4 rings (SSSR count). The van der Waals surface area contributed by atoms with E-state index in [2.05, 4.69) is 15.4 Å². The molecule has 2 aromatic carbocycles. The summed E-state index contributed by atoms with van der Waals surface area (Å²) in [4.78, 5) is 29.2. The molecule has 0 spiro atoms. The molecule has 0 saturated carbocycles. The van der Waals surface area contributed by atoms with Gasteiger partial charge in [-0.2, -0.15) is 5.10 Å². The van der Waals surface area contributed by atoms with Gasteiger partial charge in [-0.05, 0) is 35.9 Å². The van der Waals surface area contributed by atoms with Crippen molar-refractivity contribution in [3.63, 3.8) is 0 Å². The number of halogens is 2. The zero-order valence-electron chi connectivity index (χ0n) is 15.8. The van der Waals surface area contributed by atoms with Crippen LogP contribution in [0.4, 0.5) is 4.39 Å². The van der Waals surface area contributed by atoms with Gasteiger partial charge in [-0.15, -0.1) is 0 Å². The van der Waals surface area contributed by atoms with Gasteiger partial charge in [-0.25, -0.2) is 14.1 Å². The number of fused-ring (bicyclic) bond motifs is 1. The van der Waals surface area contributed by atoms with E-state index >= 15 is 0 Å². The predicted octanol–water partition coefficient (Wildman–Crippen LogP) is 2.86. The maximum absolute atomic E-state index is 13.4. The number of nitrogens with one attached hydrogen (secondary N) is 1. The van der Waals surface area contributed by atoms with E-state index in [9.17, 15) is 14.0 Å². The standard InChI is InChI=1S/C21H17ClFN5O2/c22-16-5-2-4-15(10-16)20(29)24-7-8-28-19-18(11-26-28)21(30)27(13-25-19)12-14-3-1-6-17(23)9-14/h1-6,9-11,13H,7-8,12H2,(H,24,29). The molecule has 9 heteroatoms.